The minimum Gasteiger partial charge on any atom is -0.364 e. The number of aryl methyl sites for hydroxylation is 1. The zero-order valence-electron chi connectivity index (χ0n) is 16.0. The molecule has 3 aliphatic rings. The number of aromatic nitrogens is 1. The Labute approximate surface area is 166 Å². The Bertz CT molecular complexity index is 1020. The summed E-state index contributed by atoms with van der Waals surface area (Å²) in [4.78, 5) is 29.8. The number of hydrogen-bond donors (Lipinski definition) is 0. The Balaban J connectivity index is 1.44. The summed E-state index contributed by atoms with van der Waals surface area (Å²) in [6.07, 6.45) is 4.81. The van der Waals surface area contributed by atoms with Gasteiger partial charge in [-0.15, -0.1) is 0 Å². The van der Waals surface area contributed by atoms with Crippen molar-refractivity contribution in [3.05, 3.63) is 59.8 Å². The van der Waals surface area contributed by atoms with E-state index in [-0.39, 0.29) is 24.2 Å². The fraction of sp³-hybridized carbons (Fsp3) is 0.381. The summed E-state index contributed by atoms with van der Waals surface area (Å²) >= 11 is 0. The van der Waals surface area contributed by atoms with E-state index < -0.39 is 23.5 Å². The molecule has 150 valence electrons. The van der Waals surface area contributed by atoms with Gasteiger partial charge in [0.05, 0.1) is 31.0 Å². The van der Waals surface area contributed by atoms with E-state index in [0.717, 1.165) is 0 Å². The average Bonchev–Trinajstić information content (AvgIpc) is 3.44. The van der Waals surface area contributed by atoms with Gasteiger partial charge in [-0.05, 0) is 30.7 Å². The third kappa shape index (κ3) is 2.62. The molecule has 0 radical (unpaired) electrons. The lowest BCUT2D eigenvalue weighted by molar-refractivity contribution is -0.139. The Morgan fingerprint density at radius 2 is 2.24 bits per heavy atom. The van der Waals surface area contributed by atoms with Crippen molar-refractivity contribution >= 4 is 17.5 Å². The molecule has 2 bridgehead atoms. The van der Waals surface area contributed by atoms with Crippen LogP contribution in [-0.4, -0.2) is 47.2 Å². The van der Waals surface area contributed by atoms with E-state index in [9.17, 15) is 14.0 Å². The SMILES string of the molecule is Cc1cc(F)ccc1N1C[C@]23C=C[C@H](O2)[C@@H](C(=O)N(C)Cc2ccon2)[C@H]3C1=O. The monoisotopic (exact) mass is 397 g/mol. The van der Waals surface area contributed by atoms with E-state index in [0.29, 0.717) is 23.5 Å². The second kappa shape index (κ2) is 6.25. The van der Waals surface area contributed by atoms with E-state index in [2.05, 4.69) is 5.16 Å². The summed E-state index contributed by atoms with van der Waals surface area (Å²) in [6, 6.07) is 6.03. The van der Waals surface area contributed by atoms with Crippen LogP contribution in [0.25, 0.3) is 0 Å². The minimum absolute atomic E-state index is 0.166. The van der Waals surface area contributed by atoms with E-state index in [1.165, 1.54) is 18.4 Å². The highest BCUT2D eigenvalue weighted by Gasteiger charge is 2.67. The van der Waals surface area contributed by atoms with Crippen molar-refractivity contribution in [3.8, 4) is 0 Å². The molecule has 2 aromatic rings. The van der Waals surface area contributed by atoms with Gasteiger partial charge in [0, 0.05) is 18.8 Å². The van der Waals surface area contributed by atoms with Gasteiger partial charge < -0.3 is 19.1 Å². The van der Waals surface area contributed by atoms with Gasteiger partial charge in [-0.1, -0.05) is 17.3 Å². The molecule has 0 aliphatic carbocycles. The van der Waals surface area contributed by atoms with E-state index in [4.69, 9.17) is 9.26 Å². The van der Waals surface area contributed by atoms with Crippen LogP contribution in [0.15, 0.2) is 47.2 Å². The number of carbonyl (C=O) groups is 2. The molecule has 2 fully saturated rings. The first-order valence-corrected chi connectivity index (χ1v) is 9.48. The first kappa shape index (κ1) is 18.1. The summed E-state index contributed by atoms with van der Waals surface area (Å²) < 4.78 is 24.5. The molecule has 1 spiro atoms. The summed E-state index contributed by atoms with van der Waals surface area (Å²) in [7, 11) is 1.68. The number of carbonyl (C=O) groups excluding carboxylic acids is 2. The van der Waals surface area contributed by atoms with Crippen LogP contribution in [0, 0.1) is 24.6 Å². The highest BCUT2D eigenvalue weighted by molar-refractivity contribution is 6.03. The van der Waals surface area contributed by atoms with Crippen molar-refractivity contribution in [2.75, 3.05) is 18.5 Å². The van der Waals surface area contributed by atoms with Crippen molar-refractivity contribution in [1.29, 1.82) is 0 Å². The number of benzene rings is 1. The van der Waals surface area contributed by atoms with Gasteiger partial charge in [0.25, 0.3) is 0 Å². The third-order valence-corrected chi connectivity index (χ3v) is 6.10. The molecule has 0 unspecified atom stereocenters. The number of nitrogens with zero attached hydrogens (tertiary/aromatic N) is 3. The molecule has 1 aromatic heterocycles. The van der Waals surface area contributed by atoms with Crippen LogP contribution in [0.2, 0.25) is 0 Å². The van der Waals surface area contributed by atoms with Crippen molar-refractivity contribution < 1.29 is 23.2 Å². The van der Waals surface area contributed by atoms with E-state index in [1.807, 2.05) is 12.2 Å². The number of halogens is 1. The van der Waals surface area contributed by atoms with Crippen molar-refractivity contribution in [1.82, 2.24) is 10.1 Å². The first-order chi connectivity index (χ1) is 13.9. The molecule has 3 aliphatic heterocycles. The molecular formula is C21H20FN3O4. The van der Waals surface area contributed by atoms with Gasteiger partial charge in [-0.3, -0.25) is 9.59 Å². The maximum absolute atomic E-state index is 13.5. The van der Waals surface area contributed by atoms with Crippen LogP contribution in [0.3, 0.4) is 0 Å². The number of anilines is 1. The van der Waals surface area contributed by atoms with E-state index in [1.54, 1.807) is 35.9 Å². The van der Waals surface area contributed by atoms with Gasteiger partial charge >= 0.3 is 0 Å². The summed E-state index contributed by atoms with van der Waals surface area (Å²) in [5.41, 5.74) is 1.12. The predicted molar refractivity (Wildman–Crippen MR) is 100 cm³/mol. The molecule has 7 nitrogen and oxygen atoms in total. The summed E-state index contributed by atoms with van der Waals surface area (Å²) in [6.45, 7) is 2.36. The quantitative estimate of drug-likeness (QED) is 0.739. The molecular weight excluding hydrogens is 377 g/mol. The van der Waals surface area contributed by atoms with Gasteiger partial charge in [-0.2, -0.15) is 0 Å². The highest BCUT2D eigenvalue weighted by Crippen LogP contribution is 2.53. The standard InChI is InChI=1S/C21H20FN3O4/c1-12-9-13(22)3-4-15(12)25-11-21-7-5-16(29-21)17(18(21)20(25)27)19(26)24(2)10-14-6-8-28-23-14/h3-9,16-18H,10-11H2,1-2H3/t16-,17+,18-,21-/m0/s1. The number of ether oxygens (including phenoxy) is 1. The molecule has 0 N–H and O–H groups in total. The van der Waals surface area contributed by atoms with Crippen LogP contribution in [0.4, 0.5) is 10.1 Å². The lowest BCUT2D eigenvalue weighted by Crippen LogP contribution is -2.44. The molecule has 4 atom stereocenters. The number of fused-ring (bicyclic) bond motifs is 1. The number of hydrogen-bond acceptors (Lipinski definition) is 5. The molecule has 2 saturated heterocycles. The van der Waals surface area contributed by atoms with Gasteiger partial charge in [-0.25, -0.2) is 4.39 Å². The Hall–Kier alpha value is -3.00. The van der Waals surface area contributed by atoms with Crippen LogP contribution in [0.5, 0.6) is 0 Å². The molecule has 0 saturated carbocycles. The Morgan fingerprint density at radius 3 is 2.97 bits per heavy atom. The third-order valence-electron chi connectivity index (χ3n) is 6.10. The maximum atomic E-state index is 13.5. The summed E-state index contributed by atoms with van der Waals surface area (Å²) in [5.74, 6) is -1.89. The minimum atomic E-state index is -0.822. The average molecular weight is 397 g/mol. The zero-order valence-corrected chi connectivity index (χ0v) is 16.0. The predicted octanol–water partition coefficient (Wildman–Crippen LogP) is 2.07. The fourth-order valence-corrected chi connectivity index (χ4v) is 4.80. The van der Waals surface area contributed by atoms with Gasteiger partial charge in [0.2, 0.25) is 11.8 Å². The molecule has 1 aromatic carbocycles. The number of amides is 2. The van der Waals surface area contributed by atoms with Crippen molar-refractivity contribution in [2.24, 2.45) is 11.8 Å². The van der Waals surface area contributed by atoms with Crippen LogP contribution in [-0.2, 0) is 20.9 Å². The topological polar surface area (TPSA) is 75.9 Å². The second-order valence-corrected chi connectivity index (χ2v) is 7.94. The van der Waals surface area contributed by atoms with E-state index >= 15 is 0 Å². The Morgan fingerprint density at radius 1 is 1.41 bits per heavy atom. The van der Waals surface area contributed by atoms with Crippen LogP contribution < -0.4 is 4.90 Å². The van der Waals surface area contributed by atoms with Crippen molar-refractivity contribution in [3.63, 3.8) is 0 Å². The molecule has 29 heavy (non-hydrogen) atoms. The van der Waals surface area contributed by atoms with Gasteiger partial charge in [0.15, 0.2) is 0 Å². The van der Waals surface area contributed by atoms with Crippen LogP contribution >= 0.6 is 0 Å². The smallest absolute Gasteiger partial charge is 0.234 e. The first-order valence-electron chi connectivity index (χ1n) is 9.48. The lowest BCUT2D eigenvalue weighted by atomic mass is 9.76. The maximum Gasteiger partial charge on any atom is 0.234 e. The highest BCUT2D eigenvalue weighted by atomic mass is 19.1. The second-order valence-electron chi connectivity index (χ2n) is 7.94. The van der Waals surface area contributed by atoms with Gasteiger partial charge in [0.1, 0.15) is 23.4 Å². The molecule has 4 heterocycles. The van der Waals surface area contributed by atoms with Crippen molar-refractivity contribution in [2.45, 2.75) is 25.2 Å². The Kier molecular flexibility index (Phi) is 3.89. The van der Waals surface area contributed by atoms with Crippen LogP contribution in [0.1, 0.15) is 11.3 Å². The largest absolute Gasteiger partial charge is 0.364 e. The normalized spacial score (nSPS) is 29.6. The number of rotatable bonds is 4. The summed E-state index contributed by atoms with van der Waals surface area (Å²) in [5, 5.41) is 3.84. The fourth-order valence-electron chi connectivity index (χ4n) is 4.80. The molecule has 2 amide bonds. The molecule has 8 heteroatoms. The zero-order chi connectivity index (χ0) is 20.3. The lowest BCUT2D eigenvalue weighted by Gasteiger charge is -2.27. The molecule has 5 rings (SSSR count).